The molecule has 79 valence electrons. The summed E-state index contributed by atoms with van der Waals surface area (Å²) in [7, 11) is 0. The average Bonchev–Trinajstić information content (AvgIpc) is 2.75. The molecule has 2 bridgehead atoms. The lowest BCUT2D eigenvalue weighted by Gasteiger charge is -2.26. The minimum absolute atomic E-state index is 0.0685. The summed E-state index contributed by atoms with van der Waals surface area (Å²) in [6.45, 7) is 5.37. The largest absolute Gasteiger partial charge is 0.297 e. The fraction of sp³-hybridized carbons (Fsp3) is 0.909. The standard InChI is InChI=1S/C11H18NO2/c1-11(2,7-13)10(14)9-8-3-5-12(9)6-4-8/h8-9H,3-7H2,1-2H3. The number of hydrogen-bond acceptors (Lipinski definition) is 2. The Morgan fingerprint density at radius 1 is 1.36 bits per heavy atom. The van der Waals surface area contributed by atoms with Gasteiger partial charge >= 0.3 is 0 Å². The van der Waals surface area contributed by atoms with Crippen LogP contribution in [0.3, 0.4) is 0 Å². The van der Waals surface area contributed by atoms with Crippen molar-refractivity contribution in [2.24, 2.45) is 11.3 Å². The molecular formula is C11H18NO2. The van der Waals surface area contributed by atoms with Gasteiger partial charge in [0.25, 0.3) is 0 Å². The number of carbonyl (C=O) groups excluding carboxylic acids is 1. The molecule has 0 saturated carbocycles. The lowest BCUT2D eigenvalue weighted by molar-refractivity contribution is -0.134. The van der Waals surface area contributed by atoms with Crippen molar-refractivity contribution in [2.75, 3.05) is 19.7 Å². The molecule has 2 aliphatic rings. The highest BCUT2D eigenvalue weighted by atomic mass is 16.3. The smallest absolute Gasteiger partial charge is 0.158 e. The van der Waals surface area contributed by atoms with Crippen molar-refractivity contribution in [3.63, 3.8) is 0 Å². The van der Waals surface area contributed by atoms with Crippen LogP contribution in [0.4, 0.5) is 0 Å². The van der Waals surface area contributed by atoms with Gasteiger partial charge in [-0.05, 0) is 31.8 Å². The topological polar surface area (TPSA) is 40.2 Å². The third-order valence-electron chi connectivity index (χ3n) is 3.71. The van der Waals surface area contributed by atoms with Crippen molar-refractivity contribution in [3.8, 4) is 0 Å². The Bertz CT molecular complexity index is 230. The summed E-state index contributed by atoms with van der Waals surface area (Å²) < 4.78 is 0. The first-order chi connectivity index (χ1) is 6.56. The number of ketones is 1. The fourth-order valence-electron chi connectivity index (χ4n) is 2.66. The molecule has 0 N–H and O–H groups in total. The van der Waals surface area contributed by atoms with Crippen molar-refractivity contribution in [3.05, 3.63) is 0 Å². The van der Waals surface area contributed by atoms with Crippen molar-refractivity contribution < 1.29 is 9.90 Å². The summed E-state index contributed by atoms with van der Waals surface area (Å²) in [5, 5.41) is 10.9. The summed E-state index contributed by atoms with van der Waals surface area (Å²) in [5.41, 5.74) is -0.671. The van der Waals surface area contributed by atoms with Gasteiger partial charge in [-0.1, -0.05) is 13.8 Å². The Morgan fingerprint density at radius 3 is 2.29 bits per heavy atom. The molecule has 0 aliphatic carbocycles. The minimum atomic E-state index is -0.671. The first-order valence-corrected chi connectivity index (χ1v) is 5.43. The highest BCUT2D eigenvalue weighted by Gasteiger charge is 2.47. The Balaban J connectivity index is 2.13. The first kappa shape index (κ1) is 10.1. The van der Waals surface area contributed by atoms with Crippen molar-refractivity contribution in [1.82, 2.24) is 4.90 Å². The van der Waals surface area contributed by atoms with Crippen LogP contribution in [-0.2, 0) is 9.90 Å². The molecule has 2 fully saturated rings. The van der Waals surface area contributed by atoms with Gasteiger partial charge < -0.3 is 0 Å². The molecule has 0 aromatic heterocycles. The molecular weight excluding hydrogens is 178 g/mol. The molecule has 14 heavy (non-hydrogen) atoms. The summed E-state index contributed by atoms with van der Waals surface area (Å²) >= 11 is 0. The van der Waals surface area contributed by atoms with Gasteiger partial charge in [0.2, 0.25) is 0 Å². The Hall–Kier alpha value is -0.410. The average molecular weight is 196 g/mol. The fourth-order valence-corrected chi connectivity index (χ4v) is 2.66. The molecule has 0 aromatic carbocycles. The summed E-state index contributed by atoms with van der Waals surface area (Å²) in [5.74, 6) is 0.709. The molecule has 0 aromatic rings. The number of carbonyl (C=O) groups is 1. The predicted octanol–water partition coefficient (Wildman–Crippen LogP) is 1.11. The number of hydrogen-bond donors (Lipinski definition) is 0. The predicted molar refractivity (Wildman–Crippen MR) is 52.4 cm³/mol. The molecule has 2 heterocycles. The van der Waals surface area contributed by atoms with E-state index in [0.717, 1.165) is 25.9 Å². The maximum Gasteiger partial charge on any atom is 0.158 e. The van der Waals surface area contributed by atoms with Crippen LogP contribution in [0, 0.1) is 11.3 Å². The Morgan fingerprint density at radius 2 is 1.93 bits per heavy atom. The maximum absolute atomic E-state index is 12.1. The van der Waals surface area contributed by atoms with Gasteiger partial charge in [0, 0.05) is 0 Å². The van der Waals surface area contributed by atoms with Crippen LogP contribution in [0.5, 0.6) is 0 Å². The van der Waals surface area contributed by atoms with Crippen molar-refractivity contribution >= 4 is 5.78 Å². The van der Waals surface area contributed by atoms with Crippen LogP contribution in [0.2, 0.25) is 0 Å². The van der Waals surface area contributed by atoms with E-state index in [1.807, 2.05) is 0 Å². The van der Waals surface area contributed by atoms with Gasteiger partial charge in [0.1, 0.15) is 0 Å². The van der Waals surface area contributed by atoms with Gasteiger partial charge in [-0.15, -0.1) is 0 Å². The van der Waals surface area contributed by atoms with E-state index >= 15 is 0 Å². The lowest BCUT2D eigenvalue weighted by Crippen LogP contribution is -2.43. The molecule has 1 radical (unpaired) electrons. The van der Waals surface area contributed by atoms with E-state index in [2.05, 4.69) is 4.90 Å². The zero-order valence-electron chi connectivity index (χ0n) is 8.95. The molecule has 0 spiro atoms. The number of fused-ring (bicyclic) bond motifs is 2. The zero-order chi connectivity index (χ0) is 10.3. The molecule has 1 atom stereocenters. The first-order valence-electron chi connectivity index (χ1n) is 5.43. The van der Waals surface area contributed by atoms with E-state index in [-0.39, 0.29) is 18.4 Å². The molecule has 3 nitrogen and oxygen atoms in total. The zero-order valence-corrected chi connectivity index (χ0v) is 8.95. The van der Waals surface area contributed by atoms with E-state index in [9.17, 15) is 9.90 Å². The van der Waals surface area contributed by atoms with E-state index in [0.29, 0.717) is 5.92 Å². The third kappa shape index (κ3) is 1.39. The quantitative estimate of drug-likeness (QED) is 0.678. The molecule has 1 unspecified atom stereocenters. The minimum Gasteiger partial charge on any atom is -0.297 e. The second-order valence-electron chi connectivity index (χ2n) is 5.21. The van der Waals surface area contributed by atoms with Crippen molar-refractivity contribution in [2.45, 2.75) is 32.7 Å². The summed E-state index contributed by atoms with van der Waals surface area (Å²) in [4.78, 5) is 14.4. The second-order valence-corrected chi connectivity index (χ2v) is 5.21. The molecule has 2 saturated heterocycles. The van der Waals surface area contributed by atoms with Gasteiger partial charge in [0.05, 0.1) is 18.1 Å². The van der Waals surface area contributed by atoms with Crippen molar-refractivity contribution in [1.29, 1.82) is 0 Å². The SMILES string of the molecule is CC(C)(C[O])C(=O)C1C2CCN1CC2. The van der Waals surface area contributed by atoms with E-state index < -0.39 is 5.41 Å². The molecule has 2 rings (SSSR count). The monoisotopic (exact) mass is 196 g/mol. The van der Waals surface area contributed by atoms with Gasteiger partial charge in [0.15, 0.2) is 5.78 Å². The Labute approximate surface area is 85.1 Å². The van der Waals surface area contributed by atoms with Crippen LogP contribution in [-0.4, -0.2) is 36.4 Å². The Kier molecular flexibility index (Phi) is 2.40. The number of piperidine rings is 1. The second kappa shape index (κ2) is 3.31. The highest BCUT2D eigenvalue weighted by Crippen LogP contribution is 2.38. The normalized spacial score (nSPS) is 36.4. The van der Waals surface area contributed by atoms with Gasteiger partial charge in [-0.2, -0.15) is 0 Å². The van der Waals surface area contributed by atoms with Crippen LogP contribution < -0.4 is 0 Å². The summed E-state index contributed by atoms with van der Waals surface area (Å²) in [6, 6.07) is 0.0685. The van der Waals surface area contributed by atoms with Crippen LogP contribution >= 0.6 is 0 Å². The van der Waals surface area contributed by atoms with Crippen LogP contribution in [0.15, 0.2) is 0 Å². The van der Waals surface area contributed by atoms with Gasteiger partial charge in [-0.3, -0.25) is 9.69 Å². The molecule has 3 heteroatoms. The third-order valence-corrected chi connectivity index (χ3v) is 3.71. The maximum atomic E-state index is 12.1. The summed E-state index contributed by atoms with van der Waals surface area (Å²) in [6.07, 6.45) is 2.29. The van der Waals surface area contributed by atoms with Crippen LogP contribution in [0.25, 0.3) is 0 Å². The van der Waals surface area contributed by atoms with Crippen LogP contribution in [0.1, 0.15) is 26.7 Å². The molecule has 2 aliphatic heterocycles. The number of Topliss-reactive ketones (excluding diaryl/α,β-unsaturated/α-hetero) is 1. The van der Waals surface area contributed by atoms with E-state index in [4.69, 9.17) is 0 Å². The highest BCUT2D eigenvalue weighted by molar-refractivity contribution is 5.90. The number of rotatable bonds is 3. The van der Waals surface area contributed by atoms with E-state index in [1.165, 1.54) is 0 Å². The van der Waals surface area contributed by atoms with E-state index in [1.54, 1.807) is 13.8 Å². The lowest BCUT2D eigenvalue weighted by atomic mass is 9.81. The number of nitrogens with zero attached hydrogens (tertiary/aromatic N) is 1. The van der Waals surface area contributed by atoms with Gasteiger partial charge in [-0.25, -0.2) is 5.11 Å². The molecule has 0 amide bonds.